The van der Waals surface area contributed by atoms with Crippen molar-refractivity contribution in [2.45, 2.75) is 13.3 Å². The number of amides is 1. The van der Waals surface area contributed by atoms with Crippen LogP contribution in [-0.2, 0) is 6.42 Å². The minimum atomic E-state index is -0.232. The van der Waals surface area contributed by atoms with Gasteiger partial charge in [0.15, 0.2) is 0 Å². The maximum absolute atomic E-state index is 11.9. The van der Waals surface area contributed by atoms with Gasteiger partial charge in [0.1, 0.15) is 5.82 Å². The first-order chi connectivity index (χ1) is 8.74. The summed E-state index contributed by atoms with van der Waals surface area (Å²) in [5.74, 6) is 0.866. The number of nitrogens with one attached hydrogen (secondary N) is 2. The molecule has 0 saturated carbocycles. The normalized spacial score (nSPS) is 10.1. The molecule has 2 aromatic rings. The van der Waals surface area contributed by atoms with E-state index in [4.69, 9.17) is 4.74 Å². The summed E-state index contributed by atoms with van der Waals surface area (Å²) >= 11 is 0. The molecule has 0 unspecified atom stereocenters. The van der Waals surface area contributed by atoms with E-state index in [2.05, 4.69) is 20.5 Å². The molecule has 0 atom stereocenters. The summed E-state index contributed by atoms with van der Waals surface area (Å²) in [6.45, 7) is 2.00. The van der Waals surface area contributed by atoms with E-state index in [0.717, 1.165) is 12.0 Å². The highest BCUT2D eigenvalue weighted by molar-refractivity contribution is 6.03. The molecule has 18 heavy (non-hydrogen) atoms. The predicted octanol–water partition coefficient (Wildman–Crippen LogP) is 1.63. The van der Waals surface area contributed by atoms with Crippen molar-refractivity contribution in [3.63, 3.8) is 0 Å². The number of aryl methyl sites for hydroxylation is 1. The Kier molecular flexibility index (Phi) is 3.57. The molecule has 0 bridgehead atoms. The Bertz CT molecular complexity index is 533. The summed E-state index contributed by atoms with van der Waals surface area (Å²) < 4.78 is 4.93. The first-order valence-electron chi connectivity index (χ1n) is 5.58. The number of pyridine rings is 1. The zero-order chi connectivity index (χ0) is 13.0. The molecular formula is C12H14N4O2. The van der Waals surface area contributed by atoms with Gasteiger partial charge < -0.3 is 10.1 Å². The Morgan fingerprint density at radius 2 is 2.28 bits per heavy atom. The van der Waals surface area contributed by atoms with Crippen LogP contribution in [0.15, 0.2) is 24.5 Å². The summed E-state index contributed by atoms with van der Waals surface area (Å²) in [5.41, 5.74) is 1.43. The monoisotopic (exact) mass is 246 g/mol. The molecular weight excluding hydrogens is 232 g/mol. The first-order valence-corrected chi connectivity index (χ1v) is 5.58. The molecule has 2 heterocycles. The Balaban J connectivity index is 2.11. The number of methoxy groups -OCH3 is 1. The smallest absolute Gasteiger partial charge is 0.258 e. The molecule has 6 heteroatoms. The van der Waals surface area contributed by atoms with Gasteiger partial charge in [-0.3, -0.25) is 9.89 Å². The van der Waals surface area contributed by atoms with Gasteiger partial charge in [-0.25, -0.2) is 4.98 Å². The number of nitrogens with zero attached hydrogens (tertiary/aromatic N) is 2. The second-order valence-electron chi connectivity index (χ2n) is 3.67. The van der Waals surface area contributed by atoms with Gasteiger partial charge in [0.2, 0.25) is 5.88 Å². The fraction of sp³-hybridized carbons (Fsp3) is 0.250. The topological polar surface area (TPSA) is 79.9 Å². The Hall–Kier alpha value is -2.37. The molecule has 0 saturated heterocycles. The lowest BCUT2D eigenvalue weighted by Gasteiger charge is -2.05. The van der Waals surface area contributed by atoms with Crippen LogP contribution in [-0.4, -0.2) is 28.2 Å². The van der Waals surface area contributed by atoms with Gasteiger partial charge >= 0.3 is 0 Å². The van der Waals surface area contributed by atoms with Crippen LogP contribution in [0.2, 0.25) is 0 Å². The maximum atomic E-state index is 11.9. The summed E-state index contributed by atoms with van der Waals surface area (Å²) in [6.07, 6.45) is 3.96. The van der Waals surface area contributed by atoms with Crippen molar-refractivity contribution in [3.8, 4) is 5.88 Å². The fourth-order valence-corrected chi connectivity index (χ4v) is 1.51. The highest BCUT2D eigenvalue weighted by atomic mass is 16.5. The van der Waals surface area contributed by atoms with Crippen LogP contribution in [0, 0.1) is 0 Å². The van der Waals surface area contributed by atoms with Gasteiger partial charge in [-0.05, 0) is 12.5 Å². The second-order valence-corrected chi connectivity index (χ2v) is 3.67. The fourth-order valence-electron chi connectivity index (χ4n) is 1.51. The number of carbonyl (C=O) groups excluding carboxylic acids is 1. The highest BCUT2D eigenvalue weighted by Gasteiger charge is 2.10. The SMILES string of the molecule is CCc1cn[nH]c1NC(=O)c1ccc(OC)nc1. The molecule has 2 aromatic heterocycles. The van der Waals surface area contributed by atoms with Crippen molar-refractivity contribution in [2.24, 2.45) is 0 Å². The van der Waals surface area contributed by atoms with Gasteiger partial charge in [0.25, 0.3) is 5.91 Å². The number of H-pyrrole nitrogens is 1. The van der Waals surface area contributed by atoms with E-state index in [-0.39, 0.29) is 5.91 Å². The Morgan fingerprint density at radius 3 is 2.89 bits per heavy atom. The van der Waals surface area contributed by atoms with Crippen molar-refractivity contribution in [2.75, 3.05) is 12.4 Å². The van der Waals surface area contributed by atoms with Gasteiger partial charge in [-0.15, -0.1) is 0 Å². The van der Waals surface area contributed by atoms with Gasteiger partial charge in [-0.1, -0.05) is 6.92 Å². The van der Waals surface area contributed by atoms with Crippen LogP contribution in [0.1, 0.15) is 22.8 Å². The third-order valence-corrected chi connectivity index (χ3v) is 2.54. The number of hydrogen-bond acceptors (Lipinski definition) is 4. The lowest BCUT2D eigenvalue weighted by atomic mass is 10.2. The molecule has 0 aliphatic carbocycles. The molecule has 0 aliphatic rings. The van der Waals surface area contributed by atoms with E-state index < -0.39 is 0 Å². The summed E-state index contributed by atoms with van der Waals surface area (Å²) in [5, 5.41) is 9.40. The van der Waals surface area contributed by atoms with E-state index in [9.17, 15) is 4.79 Å². The third-order valence-electron chi connectivity index (χ3n) is 2.54. The van der Waals surface area contributed by atoms with Crippen LogP contribution < -0.4 is 10.1 Å². The minimum absolute atomic E-state index is 0.232. The molecule has 2 N–H and O–H groups in total. The third kappa shape index (κ3) is 2.48. The Morgan fingerprint density at radius 1 is 1.44 bits per heavy atom. The molecule has 2 rings (SSSR count). The number of ether oxygens (including phenoxy) is 1. The number of carbonyl (C=O) groups is 1. The Labute approximate surface area is 104 Å². The molecule has 0 aromatic carbocycles. The first kappa shape index (κ1) is 12.1. The van der Waals surface area contributed by atoms with Crippen molar-refractivity contribution in [1.29, 1.82) is 0 Å². The molecule has 0 aliphatic heterocycles. The predicted molar refractivity (Wildman–Crippen MR) is 66.7 cm³/mol. The summed E-state index contributed by atoms with van der Waals surface area (Å²) in [6, 6.07) is 3.30. The van der Waals surface area contributed by atoms with Gasteiger partial charge in [0.05, 0.1) is 18.9 Å². The van der Waals surface area contributed by atoms with E-state index >= 15 is 0 Å². The average molecular weight is 246 g/mol. The van der Waals surface area contributed by atoms with E-state index in [0.29, 0.717) is 17.3 Å². The molecule has 94 valence electrons. The summed E-state index contributed by atoms with van der Waals surface area (Å²) in [4.78, 5) is 15.9. The average Bonchev–Trinajstić information content (AvgIpc) is 2.86. The van der Waals surface area contributed by atoms with Crippen molar-refractivity contribution < 1.29 is 9.53 Å². The van der Waals surface area contributed by atoms with Crippen LogP contribution in [0.25, 0.3) is 0 Å². The van der Waals surface area contributed by atoms with E-state index in [1.54, 1.807) is 18.3 Å². The van der Waals surface area contributed by atoms with Crippen molar-refractivity contribution in [3.05, 3.63) is 35.7 Å². The van der Waals surface area contributed by atoms with Crippen LogP contribution >= 0.6 is 0 Å². The van der Waals surface area contributed by atoms with E-state index in [1.165, 1.54) is 13.3 Å². The van der Waals surface area contributed by atoms with Crippen LogP contribution in [0.5, 0.6) is 5.88 Å². The quantitative estimate of drug-likeness (QED) is 0.859. The standard InChI is InChI=1S/C12H14N4O2/c1-3-8-7-14-16-11(8)15-12(17)9-4-5-10(18-2)13-6-9/h4-7H,3H2,1-2H3,(H2,14,15,16,17). The number of aromatic amines is 1. The molecule has 0 fully saturated rings. The largest absolute Gasteiger partial charge is 0.481 e. The number of anilines is 1. The summed E-state index contributed by atoms with van der Waals surface area (Å²) in [7, 11) is 1.53. The molecule has 6 nitrogen and oxygen atoms in total. The lowest BCUT2D eigenvalue weighted by Crippen LogP contribution is -2.13. The maximum Gasteiger partial charge on any atom is 0.258 e. The number of aromatic nitrogens is 3. The minimum Gasteiger partial charge on any atom is -0.481 e. The number of hydrogen-bond donors (Lipinski definition) is 2. The van der Waals surface area contributed by atoms with E-state index in [1.807, 2.05) is 6.92 Å². The molecule has 1 amide bonds. The highest BCUT2D eigenvalue weighted by Crippen LogP contribution is 2.13. The van der Waals surface area contributed by atoms with Crippen LogP contribution in [0.3, 0.4) is 0 Å². The zero-order valence-corrected chi connectivity index (χ0v) is 10.2. The van der Waals surface area contributed by atoms with Crippen LogP contribution in [0.4, 0.5) is 5.82 Å². The van der Waals surface area contributed by atoms with Crippen molar-refractivity contribution in [1.82, 2.24) is 15.2 Å². The zero-order valence-electron chi connectivity index (χ0n) is 10.2. The molecule has 0 spiro atoms. The van der Waals surface area contributed by atoms with Gasteiger partial charge in [0, 0.05) is 17.8 Å². The van der Waals surface area contributed by atoms with Gasteiger partial charge in [-0.2, -0.15) is 5.10 Å². The lowest BCUT2D eigenvalue weighted by molar-refractivity contribution is 0.102. The second kappa shape index (κ2) is 5.31. The molecule has 0 radical (unpaired) electrons. The van der Waals surface area contributed by atoms with Crippen molar-refractivity contribution >= 4 is 11.7 Å². The number of rotatable bonds is 4.